The first-order valence-electron chi connectivity index (χ1n) is 19.4. The highest BCUT2D eigenvalue weighted by Crippen LogP contribution is 2.39. The van der Waals surface area contributed by atoms with E-state index < -0.39 is 66.2 Å². The van der Waals surface area contributed by atoms with Crippen molar-refractivity contribution < 1.29 is 61.8 Å². The highest BCUT2D eigenvalue weighted by Gasteiger charge is 2.56. The molecule has 57 heavy (non-hydrogen) atoms. The number of quaternary nitrogens is 1. The molecule has 4 atom stereocenters. The SMILES string of the molecule is CCCCOC(=O)N1CC[N+](C(=O)[C@H](CP(=O)(O)O)N(C(=O)c2cc(N3CC[C@H](OC)C3)nc(-c3ccccc3)n2)C(C)C(=O)OCC)([C@@H](C)C(=O)OCC)CC1. The van der Waals surface area contributed by atoms with Gasteiger partial charge in [0.05, 0.1) is 45.2 Å². The average molecular weight is 820 g/mol. The van der Waals surface area contributed by atoms with Crippen LogP contribution in [0.25, 0.3) is 11.4 Å². The Morgan fingerprint density at radius 2 is 1.60 bits per heavy atom. The van der Waals surface area contributed by atoms with Gasteiger partial charge in [0.25, 0.3) is 5.91 Å². The number of rotatable bonds is 17. The van der Waals surface area contributed by atoms with Crippen LogP contribution in [0.1, 0.15) is 64.4 Å². The minimum Gasteiger partial charge on any atom is -0.464 e. The van der Waals surface area contributed by atoms with Gasteiger partial charge in [0.15, 0.2) is 17.9 Å². The van der Waals surface area contributed by atoms with Crippen molar-refractivity contribution in [3.8, 4) is 11.4 Å². The molecule has 1 aromatic carbocycles. The van der Waals surface area contributed by atoms with Crippen LogP contribution >= 0.6 is 7.60 Å². The second-order valence-electron chi connectivity index (χ2n) is 14.1. The number of amides is 3. The minimum absolute atomic E-state index is 0.0222. The van der Waals surface area contributed by atoms with Gasteiger partial charge in [0.1, 0.15) is 30.6 Å². The van der Waals surface area contributed by atoms with Crippen LogP contribution in [-0.4, -0.2) is 160 Å². The molecule has 0 radical (unpaired) electrons. The molecule has 19 heteroatoms. The van der Waals surface area contributed by atoms with E-state index in [0.717, 1.165) is 11.3 Å². The molecule has 2 aliphatic heterocycles. The van der Waals surface area contributed by atoms with E-state index in [1.165, 1.54) is 24.8 Å². The molecule has 1 unspecified atom stereocenters. The molecule has 3 heterocycles. The van der Waals surface area contributed by atoms with Gasteiger partial charge in [-0.25, -0.2) is 33.6 Å². The van der Waals surface area contributed by atoms with E-state index in [2.05, 4.69) is 4.98 Å². The molecule has 18 nitrogen and oxygen atoms in total. The van der Waals surface area contributed by atoms with Crippen LogP contribution < -0.4 is 4.90 Å². The molecule has 0 saturated carbocycles. The highest BCUT2D eigenvalue weighted by molar-refractivity contribution is 7.51. The number of nitrogens with zero attached hydrogens (tertiary/aromatic N) is 6. The van der Waals surface area contributed by atoms with Crippen LogP contribution in [0.2, 0.25) is 0 Å². The van der Waals surface area contributed by atoms with E-state index in [-0.39, 0.29) is 63.6 Å². The first kappa shape index (κ1) is 45.2. The lowest BCUT2D eigenvalue weighted by molar-refractivity contribution is -0.874. The maximum atomic E-state index is 15.3. The molecular weight excluding hydrogens is 763 g/mol. The second-order valence-corrected chi connectivity index (χ2v) is 15.8. The number of esters is 2. The summed E-state index contributed by atoms with van der Waals surface area (Å²) in [6.07, 6.45) is 0.213. The van der Waals surface area contributed by atoms with Gasteiger partial charge in [0, 0.05) is 31.8 Å². The molecule has 2 N–H and O–H groups in total. The molecule has 0 aliphatic carbocycles. The molecule has 0 bridgehead atoms. The third-order valence-corrected chi connectivity index (χ3v) is 11.2. The predicted octanol–water partition coefficient (Wildman–Crippen LogP) is 2.86. The minimum atomic E-state index is -5.16. The summed E-state index contributed by atoms with van der Waals surface area (Å²) in [6.45, 7) is 8.37. The van der Waals surface area contributed by atoms with Gasteiger partial charge in [-0.1, -0.05) is 43.7 Å². The number of piperazine rings is 1. The number of carbonyl (C=O) groups excluding carboxylic acids is 5. The molecule has 314 valence electrons. The lowest BCUT2D eigenvalue weighted by Gasteiger charge is -2.47. The lowest BCUT2D eigenvalue weighted by atomic mass is 10.0. The number of ether oxygens (including phenoxy) is 4. The van der Waals surface area contributed by atoms with E-state index in [9.17, 15) is 28.7 Å². The Morgan fingerprint density at radius 1 is 0.947 bits per heavy atom. The quantitative estimate of drug-likeness (QED) is 0.0772. The molecule has 2 fully saturated rings. The van der Waals surface area contributed by atoms with Crippen molar-refractivity contribution in [2.75, 3.05) is 77.3 Å². The smallest absolute Gasteiger partial charge is 0.410 e. The molecule has 2 aliphatic rings. The Labute approximate surface area is 333 Å². The monoisotopic (exact) mass is 819 g/mol. The van der Waals surface area contributed by atoms with Crippen molar-refractivity contribution in [3.05, 3.63) is 42.1 Å². The topological polar surface area (TPSA) is 215 Å². The molecule has 0 spiro atoms. The summed E-state index contributed by atoms with van der Waals surface area (Å²) >= 11 is 0. The van der Waals surface area contributed by atoms with Crippen LogP contribution in [0, 0.1) is 0 Å². The summed E-state index contributed by atoms with van der Waals surface area (Å²) in [6, 6.07) is 5.42. The van der Waals surface area contributed by atoms with Crippen molar-refractivity contribution in [1.29, 1.82) is 0 Å². The van der Waals surface area contributed by atoms with Crippen molar-refractivity contribution in [3.63, 3.8) is 0 Å². The summed E-state index contributed by atoms with van der Waals surface area (Å²) in [5.74, 6) is -3.16. The van der Waals surface area contributed by atoms with Gasteiger partial charge < -0.3 is 38.5 Å². The number of hydrogen-bond acceptors (Lipinski definition) is 13. The molecule has 2 saturated heterocycles. The fraction of sp³-hybridized carbons (Fsp3) is 0.605. The van der Waals surface area contributed by atoms with Crippen LogP contribution in [0.15, 0.2) is 36.4 Å². The number of aromatic nitrogens is 2. The van der Waals surface area contributed by atoms with Crippen molar-refractivity contribution >= 4 is 43.3 Å². The maximum Gasteiger partial charge on any atom is 0.410 e. The average Bonchev–Trinajstić information content (AvgIpc) is 3.69. The maximum absolute atomic E-state index is 15.3. The van der Waals surface area contributed by atoms with Crippen molar-refractivity contribution in [1.82, 2.24) is 19.8 Å². The summed E-state index contributed by atoms with van der Waals surface area (Å²) in [7, 11) is -3.56. The van der Waals surface area contributed by atoms with Crippen LogP contribution in [0.4, 0.5) is 10.6 Å². The molecule has 2 aromatic rings. The Hall–Kier alpha value is -4.48. The summed E-state index contributed by atoms with van der Waals surface area (Å²) in [5.41, 5.74) is 0.298. The predicted molar refractivity (Wildman–Crippen MR) is 207 cm³/mol. The Morgan fingerprint density at radius 3 is 2.18 bits per heavy atom. The molecule has 1 aromatic heterocycles. The number of methoxy groups -OCH3 is 1. The standard InChI is InChI=1S/C38H55N6O12P/c1-7-10-22-56-38(49)41-18-20-44(21-19-41,27(5)37(48)55-9-3)35(46)31(25-57(50,51)52)43(26(4)36(47)54-8-2)34(45)30-23-32(42-17-16-29(24-42)53-6)40-33(39-30)28-14-12-11-13-15-28/h11-15,23,26-27,29,31H,7-10,16-22,24-25H2,1-6H3,(H-,50,51,52)/p+1/t26?,27-,29-,31-/m0/s1. The first-order valence-corrected chi connectivity index (χ1v) is 21.2. The van der Waals surface area contributed by atoms with Crippen LogP contribution in [0.5, 0.6) is 0 Å². The van der Waals surface area contributed by atoms with E-state index >= 15 is 9.59 Å². The fourth-order valence-corrected chi connectivity index (χ4v) is 7.90. The van der Waals surface area contributed by atoms with Gasteiger partial charge in [-0.3, -0.25) is 14.3 Å². The Bertz CT molecular complexity index is 1770. The van der Waals surface area contributed by atoms with Crippen molar-refractivity contribution in [2.24, 2.45) is 0 Å². The lowest BCUT2D eigenvalue weighted by Crippen LogP contribution is -2.73. The third kappa shape index (κ3) is 11.1. The zero-order valence-corrected chi connectivity index (χ0v) is 34.5. The number of anilines is 1. The van der Waals surface area contributed by atoms with Crippen LogP contribution in [-0.2, 0) is 37.9 Å². The summed E-state index contributed by atoms with van der Waals surface area (Å²) < 4.78 is 33.8. The van der Waals surface area contributed by atoms with E-state index in [4.69, 9.17) is 23.9 Å². The fourth-order valence-electron chi connectivity index (χ4n) is 7.12. The van der Waals surface area contributed by atoms with Crippen LogP contribution in [0.3, 0.4) is 0 Å². The Kier molecular flexibility index (Phi) is 16.1. The molecule has 3 amide bonds. The summed E-state index contributed by atoms with van der Waals surface area (Å²) in [4.78, 5) is 105. The van der Waals surface area contributed by atoms with Gasteiger partial charge in [0.2, 0.25) is 0 Å². The van der Waals surface area contributed by atoms with E-state index in [0.29, 0.717) is 37.3 Å². The molecular formula is C38H56N6O12P+. The van der Waals surface area contributed by atoms with Gasteiger partial charge in [-0.2, -0.15) is 0 Å². The third-order valence-electron chi connectivity index (χ3n) is 10.4. The number of carbonyl (C=O) groups is 5. The largest absolute Gasteiger partial charge is 0.464 e. The molecule has 4 rings (SSSR count). The zero-order valence-electron chi connectivity index (χ0n) is 33.6. The van der Waals surface area contributed by atoms with E-state index in [1.807, 2.05) is 11.8 Å². The van der Waals surface area contributed by atoms with Gasteiger partial charge in [-0.05, 0) is 40.5 Å². The number of benzene rings is 1. The summed E-state index contributed by atoms with van der Waals surface area (Å²) in [5, 5.41) is 0. The number of unbranched alkanes of at least 4 members (excludes halogenated alkanes) is 1. The van der Waals surface area contributed by atoms with Crippen molar-refractivity contribution in [2.45, 2.75) is 78.1 Å². The first-order chi connectivity index (χ1) is 27.1. The zero-order chi connectivity index (χ0) is 41.9. The second kappa shape index (κ2) is 20.3. The highest BCUT2D eigenvalue weighted by atomic mass is 31.2. The van der Waals surface area contributed by atoms with Gasteiger partial charge >= 0.3 is 31.5 Å². The number of hydrogen-bond donors (Lipinski definition) is 2. The van der Waals surface area contributed by atoms with E-state index in [1.54, 1.807) is 51.3 Å². The Balaban J connectivity index is 1.89. The van der Waals surface area contributed by atoms with Gasteiger partial charge in [-0.15, -0.1) is 0 Å². The normalized spacial score (nSPS) is 18.3.